The van der Waals surface area contributed by atoms with Gasteiger partial charge >= 0.3 is 12.1 Å². The molecule has 1 heterocycles. The molecule has 136 valence electrons. The van der Waals surface area contributed by atoms with Crippen molar-refractivity contribution in [2.75, 3.05) is 5.32 Å². The molecule has 26 heavy (non-hydrogen) atoms. The molecule has 0 radical (unpaired) electrons. The number of carboxylic acid groups (broad SMARTS) is 1. The number of aliphatic carboxylic acids is 1. The van der Waals surface area contributed by atoms with E-state index in [-0.39, 0.29) is 18.7 Å². The van der Waals surface area contributed by atoms with Crippen molar-refractivity contribution in [2.45, 2.75) is 25.4 Å². The highest BCUT2D eigenvalue weighted by molar-refractivity contribution is 5.96. The molecule has 0 saturated heterocycles. The zero-order valence-electron chi connectivity index (χ0n) is 13.6. The molecule has 1 atom stereocenters. The number of anilines is 1. The van der Waals surface area contributed by atoms with E-state index in [0.717, 1.165) is 23.3 Å². The molecule has 2 aromatic carbocycles. The van der Waals surface area contributed by atoms with Crippen molar-refractivity contribution in [1.82, 2.24) is 0 Å². The molecule has 0 aromatic heterocycles. The van der Waals surface area contributed by atoms with Crippen molar-refractivity contribution < 1.29 is 27.9 Å². The Balaban J connectivity index is 1.83. The van der Waals surface area contributed by atoms with E-state index < -0.39 is 23.6 Å². The Labute approximate surface area is 147 Å². The summed E-state index contributed by atoms with van der Waals surface area (Å²) >= 11 is 0. The second-order valence-electron chi connectivity index (χ2n) is 6.27. The summed E-state index contributed by atoms with van der Waals surface area (Å²) < 4.78 is 38.0. The minimum Gasteiger partial charge on any atom is -0.481 e. The van der Waals surface area contributed by atoms with Gasteiger partial charge in [0.05, 0.1) is 5.56 Å². The molecule has 1 aliphatic heterocycles. The lowest BCUT2D eigenvalue weighted by Crippen LogP contribution is -2.30. The van der Waals surface area contributed by atoms with E-state index in [0.29, 0.717) is 17.7 Å². The summed E-state index contributed by atoms with van der Waals surface area (Å²) in [6.07, 6.45) is -3.82. The van der Waals surface area contributed by atoms with Crippen LogP contribution in [0.2, 0.25) is 0 Å². The van der Waals surface area contributed by atoms with Gasteiger partial charge in [-0.25, -0.2) is 0 Å². The van der Waals surface area contributed by atoms with Gasteiger partial charge in [-0.15, -0.1) is 0 Å². The van der Waals surface area contributed by atoms with Crippen molar-refractivity contribution in [1.29, 1.82) is 0 Å². The van der Waals surface area contributed by atoms with Crippen molar-refractivity contribution >= 4 is 17.6 Å². The van der Waals surface area contributed by atoms with Crippen LogP contribution in [0.1, 0.15) is 24.0 Å². The molecule has 1 amide bonds. The average molecular weight is 363 g/mol. The Hall–Kier alpha value is -2.83. The average Bonchev–Trinajstić information content (AvgIpc) is 2.59. The SMILES string of the molecule is O=C(O)CCC1Cc2cc(-c3ccc(C(F)(F)F)cc3)ccc2NC1=O. The number of hydrogen-bond donors (Lipinski definition) is 2. The maximum atomic E-state index is 12.7. The van der Waals surface area contributed by atoms with Crippen LogP contribution in [-0.2, 0) is 22.2 Å². The van der Waals surface area contributed by atoms with E-state index in [1.165, 1.54) is 12.1 Å². The summed E-state index contributed by atoms with van der Waals surface area (Å²) in [4.78, 5) is 22.8. The zero-order chi connectivity index (χ0) is 18.9. The fraction of sp³-hybridized carbons (Fsp3) is 0.263. The molecule has 1 aliphatic rings. The molecular formula is C19H16F3NO3. The Morgan fingerprint density at radius 1 is 1.12 bits per heavy atom. The van der Waals surface area contributed by atoms with Crippen molar-refractivity contribution in [3.05, 3.63) is 53.6 Å². The molecule has 0 saturated carbocycles. The van der Waals surface area contributed by atoms with Gasteiger partial charge in [-0.3, -0.25) is 9.59 Å². The van der Waals surface area contributed by atoms with Crippen LogP contribution in [0.5, 0.6) is 0 Å². The van der Waals surface area contributed by atoms with Crippen LogP contribution in [0, 0.1) is 5.92 Å². The highest BCUT2D eigenvalue weighted by Gasteiger charge is 2.30. The standard InChI is InChI=1S/C19H16F3NO3/c20-19(21,22)15-5-1-11(2-6-15)12-3-7-16-14(9-12)10-13(18(26)23-16)4-8-17(24)25/h1-3,5-7,9,13H,4,8,10H2,(H,23,26)(H,24,25). The molecule has 0 aliphatic carbocycles. The summed E-state index contributed by atoms with van der Waals surface area (Å²) in [5, 5.41) is 11.5. The molecule has 4 nitrogen and oxygen atoms in total. The number of benzene rings is 2. The van der Waals surface area contributed by atoms with Crippen LogP contribution >= 0.6 is 0 Å². The van der Waals surface area contributed by atoms with E-state index in [1.54, 1.807) is 12.1 Å². The van der Waals surface area contributed by atoms with Crippen LogP contribution in [0.3, 0.4) is 0 Å². The number of rotatable bonds is 4. The minimum atomic E-state index is -4.38. The van der Waals surface area contributed by atoms with Crippen molar-refractivity contribution in [3.63, 3.8) is 0 Å². The van der Waals surface area contributed by atoms with Crippen LogP contribution in [0.15, 0.2) is 42.5 Å². The number of hydrogen-bond acceptors (Lipinski definition) is 2. The van der Waals surface area contributed by atoms with Gasteiger partial charge in [0.1, 0.15) is 0 Å². The smallest absolute Gasteiger partial charge is 0.416 e. The predicted octanol–water partition coefficient (Wildman–Crippen LogP) is 4.35. The number of fused-ring (bicyclic) bond motifs is 1. The third-order valence-corrected chi connectivity index (χ3v) is 4.45. The topological polar surface area (TPSA) is 66.4 Å². The van der Waals surface area contributed by atoms with Crippen molar-refractivity contribution in [3.8, 4) is 11.1 Å². The maximum absolute atomic E-state index is 12.7. The lowest BCUT2D eigenvalue weighted by atomic mass is 9.88. The monoisotopic (exact) mass is 363 g/mol. The Bertz CT molecular complexity index is 844. The second kappa shape index (κ2) is 6.82. The highest BCUT2D eigenvalue weighted by Crippen LogP contribution is 2.34. The largest absolute Gasteiger partial charge is 0.481 e. The number of nitrogens with one attached hydrogen (secondary N) is 1. The van der Waals surface area contributed by atoms with Gasteiger partial charge in [0.2, 0.25) is 5.91 Å². The normalized spacial score (nSPS) is 16.7. The van der Waals surface area contributed by atoms with Crippen LogP contribution in [0.25, 0.3) is 11.1 Å². The fourth-order valence-corrected chi connectivity index (χ4v) is 3.04. The zero-order valence-corrected chi connectivity index (χ0v) is 13.6. The van der Waals surface area contributed by atoms with Crippen LogP contribution in [-0.4, -0.2) is 17.0 Å². The summed E-state index contributed by atoms with van der Waals surface area (Å²) in [7, 11) is 0. The molecule has 2 N–H and O–H groups in total. The van der Waals surface area contributed by atoms with E-state index >= 15 is 0 Å². The van der Waals surface area contributed by atoms with E-state index in [9.17, 15) is 22.8 Å². The predicted molar refractivity (Wildman–Crippen MR) is 89.6 cm³/mol. The molecular weight excluding hydrogens is 347 g/mol. The third-order valence-electron chi connectivity index (χ3n) is 4.45. The number of alkyl halides is 3. The second-order valence-corrected chi connectivity index (χ2v) is 6.27. The molecule has 1 unspecified atom stereocenters. The van der Waals surface area contributed by atoms with Gasteiger partial charge in [0.25, 0.3) is 0 Å². The highest BCUT2D eigenvalue weighted by atomic mass is 19.4. The summed E-state index contributed by atoms with van der Waals surface area (Å²) in [6, 6.07) is 10.2. The molecule has 3 rings (SSSR count). The maximum Gasteiger partial charge on any atom is 0.416 e. The van der Waals surface area contributed by atoms with Gasteiger partial charge in [-0.05, 0) is 53.8 Å². The molecule has 0 bridgehead atoms. The van der Waals surface area contributed by atoms with Gasteiger partial charge in [0, 0.05) is 18.0 Å². The number of amides is 1. The Morgan fingerprint density at radius 2 is 1.77 bits per heavy atom. The van der Waals surface area contributed by atoms with E-state index in [4.69, 9.17) is 5.11 Å². The van der Waals surface area contributed by atoms with Crippen molar-refractivity contribution in [2.24, 2.45) is 5.92 Å². The lowest BCUT2D eigenvalue weighted by molar-refractivity contribution is -0.138. The quantitative estimate of drug-likeness (QED) is 0.849. The van der Waals surface area contributed by atoms with Crippen LogP contribution in [0.4, 0.5) is 18.9 Å². The fourth-order valence-electron chi connectivity index (χ4n) is 3.04. The lowest BCUT2D eigenvalue weighted by Gasteiger charge is -2.25. The first-order valence-corrected chi connectivity index (χ1v) is 8.07. The first-order valence-electron chi connectivity index (χ1n) is 8.07. The Morgan fingerprint density at radius 3 is 2.38 bits per heavy atom. The summed E-state index contributed by atoms with van der Waals surface area (Å²) in [5.41, 5.74) is 2.17. The number of halogens is 3. The van der Waals surface area contributed by atoms with Gasteiger partial charge in [-0.2, -0.15) is 13.2 Å². The third kappa shape index (κ3) is 3.87. The number of carbonyl (C=O) groups is 2. The summed E-state index contributed by atoms with van der Waals surface area (Å²) in [6.45, 7) is 0. The van der Waals surface area contributed by atoms with Gasteiger partial charge in [0.15, 0.2) is 0 Å². The first-order chi connectivity index (χ1) is 12.2. The van der Waals surface area contributed by atoms with Gasteiger partial charge in [-0.1, -0.05) is 18.2 Å². The number of carbonyl (C=O) groups excluding carboxylic acids is 1. The first kappa shape index (κ1) is 18.0. The van der Waals surface area contributed by atoms with Gasteiger partial charge < -0.3 is 10.4 Å². The number of carboxylic acids is 1. The Kier molecular flexibility index (Phi) is 4.71. The van der Waals surface area contributed by atoms with E-state index in [1.807, 2.05) is 6.07 Å². The molecule has 7 heteroatoms. The minimum absolute atomic E-state index is 0.0913. The van der Waals surface area contributed by atoms with Crippen LogP contribution < -0.4 is 5.32 Å². The molecule has 0 fully saturated rings. The molecule has 2 aromatic rings. The summed E-state index contributed by atoms with van der Waals surface area (Å²) in [5.74, 6) is -1.59. The molecule has 0 spiro atoms. The van der Waals surface area contributed by atoms with E-state index in [2.05, 4.69) is 5.32 Å².